The summed E-state index contributed by atoms with van der Waals surface area (Å²) >= 11 is 1.70. The van der Waals surface area contributed by atoms with Crippen molar-refractivity contribution in [3.8, 4) is 11.3 Å². The van der Waals surface area contributed by atoms with Gasteiger partial charge in [-0.2, -0.15) is 5.10 Å². The van der Waals surface area contributed by atoms with Crippen LogP contribution in [-0.2, 0) is 0 Å². The molecule has 2 aromatic carbocycles. The molecule has 0 spiro atoms. The summed E-state index contributed by atoms with van der Waals surface area (Å²) in [7, 11) is 0. The molecule has 0 aliphatic heterocycles. The molecule has 1 amide bonds. The molecule has 4 aromatic rings. The molecule has 0 saturated heterocycles. The van der Waals surface area contributed by atoms with Crippen LogP contribution < -0.4 is 5.43 Å². The first-order valence-corrected chi connectivity index (χ1v) is 12.2. The summed E-state index contributed by atoms with van der Waals surface area (Å²) in [5.41, 5.74) is 8.13. The first-order valence-electron chi connectivity index (χ1n) is 11.4. The van der Waals surface area contributed by atoms with Crippen molar-refractivity contribution >= 4 is 33.9 Å². The zero-order valence-electron chi connectivity index (χ0n) is 19.6. The molecule has 2 heterocycles. The molecule has 4 nitrogen and oxygen atoms in total. The van der Waals surface area contributed by atoms with Gasteiger partial charge in [0.05, 0.1) is 27.4 Å². The highest BCUT2D eigenvalue weighted by atomic mass is 32.1. The van der Waals surface area contributed by atoms with Crippen molar-refractivity contribution < 1.29 is 4.79 Å². The van der Waals surface area contributed by atoms with E-state index < -0.39 is 0 Å². The standard InChI is InChI=1S/C28H29N3OS/c1-5-8-25(27-16-11-19(4)33-27)30-31-28(32)23-17-26(29-24-10-7-6-9-22(23)24)21-14-12-20(13-15-21)18(2)3/h6-7,9-18H,5,8H2,1-4H3,(H,31,32)/b30-25-. The molecule has 0 aliphatic rings. The quantitative estimate of drug-likeness (QED) is 0.234. The number of hydrogen-bond donors (Lipinski definition) is 1. The molecule has 0 radical (unpaired) electrons. The predicted octanol–water partition coefficient (Wildman–Crippen LogP) is 7.33. The molecule has 0 bridgehead atoms. The van der Waals surface area contributed by atoms with Crippen molar-refractivity contribution in [2.45, 2.75) is 46.5 Å². The van der Waals surface area contributed by atoms with Crippen molar-refractivity contribution in [3.63, 3.8) is 0 Å². The normalized spacial score (nSPS) is 11.8. The number of fused-ring (bicyclic) bond motifs is 1. The van der Waals surface area contributed by atoms with Crippen molar-refractivity contribution in [1.29, 1.82) is 0 Å². The van der Waals surface area contributed by atoms with Gasteiger partial charge in [0.25, 0.3) is 5.91 Å². The molecule has 0 atom stereocenters. The number of carbonyl (C=O) groups excluding carboxylic acids is 1. The van der Waals surface area contributed by atoms with Crippen LogP contribution in [-0.4, -0.2) is 16.6 Å². The third-order valence-electron chi connectivity index (χ3n) is 5.64. The Hall–Kier alpha value is -3.31. The maximum absolute atomic E-state index is 13.3. The van der Waals surface area contributed by atoms with Gasteiger partial charge in [0.1, 0.15) is 0 Å². The highest BCUT2D eigenvalue weighted by Crippen LogP contribution is 2.26. The number of carbonyl (C=O) groups is 1. The number of benzene rings is 2. The molecule has 4 rings (SSSR count). The van der Waals surface area contributed by atoms with E-state index in [1.165, 1.54) is 10.4 Å². The average Bonchev–Trinajstić information content (AvgIpc) is 3.27. The van der Waals surface area contributed by atoms with E-state index in [0.717, 1.165) is 45.6 Å². The van der Waals surface area contributed by atoms with E-state index in [0.29, 0.717) is 11.5 Å². The van der Waals surface area contributed by atoms with Gasteiger partial charge < -0.3 is 0 Å². The first-order chi connectivity index (χ1) is 16.0. The summed E-state index contributed by atoms with van der Waals surface area (Å²) in [4.78, 5) is 20.4. The number of amides is 1. The second-order valence-electron chi connectivity index (χ2n) is 8.51. The first kappa shape index (κ1) is 22.9. The number of thiophene rings is 1. The van der Waals surface area contributed by atoms with Gasteiger partial charge in [-0.05, 0) is 49.1 Å². The number of hydrogen-bond acceptors (Lipinski definition) is 4. The highest BCUT2D eigenvalue weighted by molar-refractivity contribution is 7.14. The summed E-state index contributed by atoms with van der Waals surface area (Å²) in [5, 5.41) is 5.34. The monoisotopic (exact) mass is 455 g/mol. The Bertz CT molecular complexity index is 1300. The van der Waals surface area contributed by atoms with Crippen LogP contribution in [0.5, 0.6) is 0 Å². The molecule has 2 aromatic heterocycles. The lowest BCUT2D eigenvalue weighted by atomic mass is 9.99. The van der Waals surface area contributed by atoms with Crippen molar-refractivity contribution in [2.75, 3.05) is 0 Å². The minimum atomic E-state index is -0.226. The van der Waals surface area contributed by atoms with Crippen LogP contribution in [0.3, 0.4) is 0 Å². The smallest absolute Gasteiger partial charge is 0.267 e. The number of hydrazone groups is 1. The molecule has 0 aliphatic carbocycles. The van der Waals surface area contributed by atoms with Crippen LogP contribution in [0, 0.1) is 6.92 Å². The summed E-state index contributed by atoms with van der Waals surface area (Å²) in [5.74, 6) is 0.239. The van der Waals surface area contributed by atoms with E-state index in [4.69, 9.17) is 4.98 Å². The van der Waals surface area contributed by atoms with Crippen LogP contribution in [0.25, 0.3) is 22.2 Å². The average molecular weight is 456 g/mol. The van der Waals surface area contributed by atoms with E-state index in [1.54, 1.807) is 11.3 Å². The maximum Gasteiger partial charge on any atom is 0.272 e. The Morgan fingerprint density at radius 1 is 1.06 bits per heavy atom. The zero-order chi connectivity index (χ0) is 23.4. The third kappa shape index (κ3) is 5.20. The van der Waals surface area contributed by atoms with Crippen molar-refractivity contribution in [1.82, 2.24) is 10.4 Å². The summed E-state index contributed by atoms with van der Waals surface area (Å²) < 4.78 is 0. The molecule has 5 heteroatoms. The van der Waals surface area contributed by atoms with E-state index in [2.05, 4.69) is 74.6 Å². The molecule has 0 unspecified atom stereocenters. The number of nitrogens with one attached hydrogen (secondary N) is 1. The second kappa shape index (κ2) is 10.1. The zero-order valence-corrected chi connectivity index (χ0v) is 20.4. The van der Waals surface area contributed by atoms with Gasteiger partial charge in [-0.15, -0.1) is 11.3 Å². The van der Waals surface area contributed by atoms with Gasteiger partial charge in [-0.3, -0.25) is 4.79 Å². The van der Waals surface area contributed by atoms with E-state index >= 15 is 0 Å². The lowest BCUT2D eigenvalue weighted by Crippen LogP contribution is -2.20. The van der Waals surface area contributed by atoms with Crippen LogP contribution in [0.1, 0.15) is 65.2 Å². The van der Waals surface area contributed by atoms with Crippen molar-refractivity contribution in [3.05, 3.63) is 87.6 Å². The van der Waals surface area contributed by atoms with Gasteiger partial charge in [0, 0.05) is 15.8 Å². The SMILES string of the molecule is CCC/C(=N/NC(=O)c1cc(-c2ccc(C(C)C)cc2)nc2ccccc12)c1ccc(C)s1. The molecular formula is C28H29N3OS. The van der Waals surface area contributed by atoms with E-state index in [-0.39, 0.29) is 5.91 Å². The fourth-order valence-electron chi connectivity index (χ4n) is 3.79. The van der Waals surface area contributed by atoms with E-state index in [1.807, 2.05) is 30.3 Å². The Balaban J connectivity index is 1.70. The van der Waals surface area contributed by atoms with Crippen LogP contribution in [0.4, 0.5) is 0 Å². The summed E-state index contributed by atoms with van der Waals surface area (Å²) in [6.45, 7) is 8.55. The summed E-state index contributed by atoms with van der Waals surface area (Å²) in [6.07, 6.45) is 1.77. The van der Waals surface area contributed by atoms with Gasteiger partial charge in [-0.25, -0.2) is 10.4 Å². The second-order valence-corrected chi connectivity index (χ2v) is 9.80. The minimum absolute atomic E-state index is 0.226. The number of nitrogens with zero attached hydrogens (tertiary/aromatic N) is 2. The number of aryl methyl sites for hydroxylation is 1. The predicted molar refractivity (Wildman–Crippen MR) is 139 cm³/mol. The van der Waals surface area contributed by atoms with Crippen LogP contribution >= 0.6 is 11.3 Å². The fourth-order valence-corrected chi connectivity index (χ4v) is 4.67. The maximum atomic E-state index is 13.3. The number of rotatable bonds is 7. The van der Waals surface area contributed by atoms with E-state index in [9.17, 15) is 4.79 Å². The topological polar surface area (TPSA) is 54.4 Å². The molecular weight excluding hydrogens is 426 g/mol. The molecule has 33 heavy (non-hydrogen) atoms. The minimum Gasteiger partial charge on any atom is -0.267 e. The van der Waals surface area contributed by atoms with Crippen LogP contribution in [0.2, 0.25) is 0 Å². The van der Waals surface area contributed by atoms with Crippen LogP contribution in [0.15, 0.2) is 71.8 Å². The largest absolute Gasteiger partial charge is 0.272 e. The van der Waals surface area contributed by atoms with Gasteiger partial charge in [-0.1, -0.05) is 69.7 Å². The molecule has 168 valence electrons. The molecule has 1 N–H and O–H groups in total. The number of aromatic nitrogens is 1. The lowest BCUT2D eigenvalue weighted by molar-refractivity contribution is 0.0956. The number of para-hydroxylation sites is 1. The van der Waals surface area contributed by atoms with Gasteiger partial charge in [0.15, 0.2) is 0 Å². The Morgan fingerprint density at radius 3 is 2.48 bits per heavy atom. The third-order valence-corrected chi connectivity index (χ3v) is 6.69. The van der Waals surface area contributed by atoms with Gasteiger partial charge in [0.2, 0.25) is 0 Å². The Kier molecular flexibility index (Phi) is 6.99. The Morgan fingerprint density at radius 2 is 1.82 bits per heavy atom. The van der Waals surface area contributed by atoms with Crippen molar-refractivity contribution in [2.24, 2.45) is 5.10 Å². The molecule has 0 fully saturated rings. The summed E-state index contributed by atoms with van der Waals surface area (Å²) in [6, 6.07) is 22.2. The fraction of sp³-hybridized carbons (Fsp3) is 0.250. The Labute approximate surface area is 199 Å². The van der Waals surface area contributed by atoms with Gasteiger partial charge >= 0.3 is 0 Å². The molecule has 0 saturated carbocycles. The number of pyridine rings is 1. The lowest BCUT2D eigenvalue weighted by Gasteiger charge is -2.11. The highest BCUT2D eigenvalue weighted by Gasteiger charge is 2.15.